The van der Waals surface area contributed by atoms with Gasteiger partial charge in [0.05, 0.1) is 45.4 Å². The van der Waals surface area contributed by atoms with Crippen LogP contribution in [0.1, 0.15) is 41.1 Å². The number of nitrogens with one attached hydrogen (secondary N) is 3. The summed E-state index contributed by atoms with van der Waals surface area (Å²) in [6.45, 7) is 9.99. The number of quaternary nitrogens is 2. The average molecular weight is 499 g/mol. The Bertz CT molecular complexity index is 971. The molecule has 1 amide bonds. The van der Waals surface area contributed by atoms with Crippen molar-refractivity contribution in [2.24, 2.45) is 0 Å². The largest absolute Gasteiger partial charge is 0.371 e. The number of ether oxygens (including phenoxy) is 1. The molecule has 188 valence electrons. The minimum absolute atomic E-state index is 0.0219. The van der Waals surface area contributed by atoms with Crippen LogP contribution in [0.5, 0.6) is 0 Å². The molecule has 0 bridgehead atoms. The van der Waals surface area contributed by atoms with Gasteiger partial charge in [-0.1, -0.05) is 29.8 Å². The molecule has 35 heavy (non-hydrogen) atoms. The highest BCUT2D eigenvalue weighted by Gasteiger charge is 2.35. The molecule has 3 aliphatic heterocycles. The Morgan fingerprint density at radius 2 is 1.74 bits per heavy atom. The van der Waals surface area contributed by atoms with E-state index < -0.39 is 0 Å². The summed E-state index contributed by atoms with van der Waals surface area (Å²) in [7, 11) is 0. The first-order chi connectivity index (χ1) is 17.2. The van der Waals surface area contributed by atoms with Crippen LogP contribution in [0.2, 0.25) is 5.02 Å². The number of benzene rings is 2. The predicted octanol–water partition coefficient (Wildman–Crippen LogP) is 1.03. The molecule has 0 saturated carbocycles. The highest BCUT2D eigenvalue weighted by Crippen LogP contribution is 2.28. The monoisotopic (exact) mass is 498 g/mol. The Hall–Kier alpha value is -2.12. The van der Waals surface area contributed by atoms with E-state index in [1.807, 2.05) is 24.3 Å². The number of rotatable bonds is 7. The molecule has 2 aromatic rings. The van der Waals surface area contributed by atoms with E-state index in [1.165, 1.54) is 48.5 Å². The second-order valence-electron chi connectivity index (χ2n) is 10.3. The summed E-state index contributed by atoms with van der Waals surface area (Å²) in [6.07, 6.45) is 3.67. The van der Waals surface area contributed by atoms with Crippen LogP contribution in [0.4, 0.5) is 5.69 Å². The quantitative estimate of drug-likeness (QED) is 0.534. The molecule has 7 heteroatoms. The maximum absolute atomic E-state index is 12.5. The van der Waals surface area contributed by atoms with Crippen molar-refractivity contribution in [3.63, 3.8) is 0 Å². The van der Waals surface area contributed by atoms with Crippen LogP contribution in [-0.4, -0.2) is 77.5 Å². The fraction of sp³-hybridized carbons (Fsp3) is 0.536. The lowest BCUT2D eigenvalue weighted by Crippen LogP contribution is -3.14. The highest BCUT2D eigenvalue weighted by molar-refractivity contribution is 6.31. The maximum atomic E-state index is 12.5. The van der Waals surface area contributed by atoms with E-state index >= 15 is 0 Å². The third-order valence-electron chi connectivity index (χ3n) is 8.20. The van der Waals surface area contributed by atoms with Gasteiger partial charge in [0, 0.05) is 54.5 Å². The molecule has 0 aliphatic carbocycles. The van der Waals surface area contributed by atoms with Crippen LogP contribution in [-0.2, 0) is 4.74 Å². The predicted molar refractivity (Wildman–Crippen MR) is 140 cm³/mol. The Labute approximate surface area is 214 Å². The smallest absolute Gasteiger partial charge is 0.251 e. The fourth-order valence-corrected chi connectivity index (χ4v) is 6.35. The van der Waals surface area contributed by atoms with Crippen LogP contribution < -0.4 is 20.0 Å². The Balaban J connectivity index is 1.06. The maximum Gasteiger partial charge on any atom is 0.251 e. The van der Waals surface area contributed by atoms with Gasteiger partial charge in [-0.3, -0.25) is 4.79 Å². The lowest BCUT2D eigenvalue weighted by Gasteiger charge is -2.36. The van der Waals surface area contributed by atoms with Gasteiger partial charge in [-0.15, -0.1) is 0 Å². The zero-order valence-electron chi connectivity index (χ0n) is 20.6. The number of hydrogen-bond donors (Lipinski definition) is 3. The number of halogens is 1. The van der Waals surface area contributed by atoms with E-state index in [1.54, 1.807) is 4.90 Å². The minimum atomic E-state index is 0.0219. The van der Waals surface area contributed by atoms with E-state index in [-0.39, 0.29) is 5.91 Å². The van der Waals surface area contributed by atoms with E-state index in [0.717, 1.165) is 62.6 Å². The molecule has 3 heterocycles. The van der Waals surface area contributed by atoms with E-state index in [0.29, 0.717) is 12.5 Å². The number of anilines is 1. The lowest BCUT2D eigenvalue weighted by atomic mass is 9.98. The Kier molecular flexibility index (Phi) is 8.24. The molecule has 3 N–H and O–H groups in total. The first-order valence-corrected chi connectivity index (χ1v) is 13.7. The second-order valence-corrected chi connectivity index (χ2v) is 10.7. The number of amides is 1. The summed E-state index contributed by atoms with van der Waals surface area (Å²) in [5, 5.41) is 4.00. The molecule has 0 aromatic heterocycles. The molecule has 3 fully saturated rings. The summed E-state index contributed by atoms with van der Waals surface area (Å²) in [6, 6.07) is 17.3. The van der Waals surface area contributed by atoms with Gasteiger partial charge in [-0.2, -0.15) is 0 Å². The van der Waals surface area contributed by atoms with Crippen LogP contribution >= 0.6 is 11.6 Å². The fourth-order valence-electron chi connectivity index (χ4n) is 6.06. The van der Waals surface area contributed by atoms with Gasteiger partial charge >= 0.3 is 0 Å². The first kappa shape index (κ1) is 24.6. The summed E-state index contributed by atoms with van der Waals surface area (Å²) < 4.78 is 5.40. The van der Waals surface area contributed by atoms with Gasteiger partial charge < -0.3 is 24.8 Å². The summed E-state index contributed by atoms with van der Waals surface area (Å²) >= 11 is 6.47. The van der Waals surface area contributed by atoms with Crippen LogP contribution in [0.3, 0.4) is 0 Å². The number of carbonyl (C=O) groups excluding carboxylic acids is 1. The van der Waals surface area contributed by atoms with Crippen molar-refractivity contribution in [2.45, 2.75) is 31.2 Å². The zero-order valence-corrected chi connectivity index (χ0v) is 21.4. The summed E-state index contributed by atoms with van der Waals surface area (Å²) in [4.78, 5) is 18.3. The van der Waals surface area contributed by atoms with Crippen molar-refractivity contribution < 1.29 is 19.3 Å². The third-order valence-corrected chi connectivity index (χ3v) is 8.54. The molecule has 3 aliphatic rings. The van der Waals surface area contributed by atoms with Crippen molar-refractivity contribution in [1.82, 2.24) is 5.32 Å². The van der Waals surface area contributed by atoms with Gasteiger partial charge in [0.1, 0.15) is 13.1 Å². The SMILES string of the molecule is O=C(NCC[NH+]1CCOCC1)c1ccc(N2CCC([NH+]3CCC(c4ccccc4Cl)C3)CC2)cc1. The Morgan fingerprint density at radius 1 is 1.00 bits per heavy atom. The average Bonchev–Trinajstić information content (AvgIpc) is 3.40. The van der Waals surface area contributed by atoms with Crippen LogP contribution in [0.25, 0.3) is 0 Å². The summed E-state index contributed by atoms with van der Waals surface area (Å²) in [5.74, 6) is 0.610. The first-order valence-electron chi connectivity index (χ1n) is 13.3. The van der Waals surface area contributed by atoms with Crippen molar-refractivity contribution in [3.05, 3.63) is 64.7 Å². The Morgan fingerprint density at radius 3 is 2.49 bits per heavy atom. The zero-order chi connectivity index (χ0) is 24.0. The van der Waals surface area contributed by atoms with Crippen molar-refractivity contribution in [1.29, 1.82) is 0 Å². The van der Waals surface area contributed by atoms with E-state index in [2.05, 4.69) is 34.5 Å². The van der Waals surface area contributed by atoms with Crippen LogP contribution in [0.15, 0.2) is 48.5 Å². The molecule has 2 atom stereocenters. The molecular formula is C28H39ClN4O2+2. The molecular weight excluding hydrogens is 460 g/mol. The molecule has 5 rings (SSSR count). The van der Waals surface area contributed by atoms with E-state index in [9.17, 15) is 4.79 Å². The van der Waals surface area contributed by atoms with Crippen molar-refractivity contribution >= 4 is 23.2 Å². The van der Waals surface area contributed by atoms with Gasteiger partial charge in [0.15, 0.2) is 0 Å². The molecule has 3 saturated heterocycles. The minimum Gasteiger partial charge on any atom is -0.371 e. The number of likely N-dealkylation sites (tertiary alicyclic amines) is 1. The number of carbonyl (C=O) groups is 1. The van der Waals surface area contributed by atoms with Crippen LogP contribution in [0, 0.1) is 0 Å². The topological polar surface area (TPSA) is 50.4 Å². The normalized spacial score (nSPS) is 24.0. The number of hydrogen-bond acceptors (Lipinski definition) is 3. The molecule has 2 aromatic carbocycles. The standard InChI is InChI=1S/C28H37ClN4O2/c29-27-4-2-1-3-26(27)23-9-13-33(21-23)25-10-14-32(15-11-25)24-7-5-22(6-8-24)28(34)30-12-16-31-17-19-35-20-18-31/h1-8,23,25H,9-21H2,(H,30,34)/p+2. The van der Waals surface area contributed by atoms with Crippen molar-refractivity contribution in [2.75, 3.05) is 70.5 Å². The second kappa shape index (κ2) is 11.7. The van der Waals surface area contributed by atoms with Gasteiger partial charge in [0.25, 0.3) is 5.91 Å². The van der Waals surface area contributed by atoms with Gasteiger partial charge in [0.2, 0.25) is 0 Å². The summed E-state index contributed by atoms with van der Waals surface area (Å²) in [5.41, 5.74) is 3.30. The van der Waals surface area contributed by atoms with E-state index in [4.69, 9.17) is 16.3 Å². The number of nitrogens with zero attached hydrogens (tertiary/aromatic N) is 1. The van der Waals surface area contributed by atoms with Crippen molar-refractivity contribution in [3.8, 4) is 0 Å². The molecule has 0 spiro atoms. The van der Waals surface area contributed by atoms with Gasteiger partial charge in [-0.05, 0) is 35.9 Å². The molecule has 6 nitrogen and oxygen atoms in total. The molecule has 0 radical (unpaired) electrons. The number of piperidine rings is 1. The highest BCUT2D eigenvalue weighted by atomic mass is 35.5. The third kappa shape index (κ3) is 6.18. The van der Waals surface area contributed by atoms with Gasteiger partial charge in [-0.25, -0.2) is 0 Å². The molecule has 2 unspecified atom stereocenters. The lowest BCUT2D eigenvalue weighted by molar-refractivity contribution is -0.914. The number of morpholine rings is 1.